The van der Waals surface area contributed by atoms with E-state index in [-0.39, 0.29) is 18.4 Å². The monoisotopic (exact) mass is 278 g/mol. The van der Waals surface area contributed by atoms with E-state index in [2.05, 4.69) is 13.8 Å². The summed E-state index contributed by atoms with van der Waals surface area (Å²) in [5.74, 6) is 0.773. The van der Waals surface area contributed by atoms with Crippen molar-refractivity contribution in [2.24, 2.45) is 5.92 Å². The Morgan fingerprint density at radius 3 is 2.35 bits per heavy atom. The highest BCUT2D eigenvalue weighted by Crippen LogP contribution is 2.13. The van der Waals surface area contributed by atoms with Crippen LogP contribution < -0.4 is 4.74 Å². The summed E-state index contributed by atoms with van der Waals surface area (Å²) in [7, 11) is 0. The largest absolute Gasteiger partial charge is 0.482 e. The second-order valence-electron chi connectivity index (χ2n) is 4.99. The molecule has 110 valence electrons. The van der Waals surface area contributed by atoms with Crippen LogP contribution in [0.3, 0.4) is 0 Å². The Bertz CT molecular complexity index is 434. The molecule has 0 atom stereocenters. The van der Waals surface area contributed by atoms with Crippen LogP contribution >= 0.6 is 0 Å². The minimum Gasteiger partial charge on any atom is -0.482 e. The van der Waals surface area contributed by atoms with Crippen LogP contribution in [0.4, 0.5) is 0 Å². The first kappa shape index (κ1) is 16.2. The average molecular weight is 278 g/mol. The van der Waals surface area contributed by atoms with Gasteiger partial charge in [0.15, 0.2) is 12.4 Å². The first-order valence-corrected chi connectivity index (χ1v) is 6.94. The SMILES string of the molecule is CCC(=O)c1ccc(OCC(=O)OCCC(C)C)cc1. The van der Waals surface area contributed by atoms with E-state index in [0.717, 1.165) is 6.42 Å². The maximum atomic E-state index is 11.4. The second-order valence-corrected chi connectivity index (χ2v) is 4.99. The molecule has 0 aromatic heterocycles. The molecule has 0 aliphatic carbocycles. The molecule has 1 aromatic rings. The van der Waals surface area contributed by atoms with Gasteiger partial charge in [0.25, 0.3) is 0 Å². The Labute approximate surface area is 120 Å². The molecule has 0 bridgehead atoms. The molecule has 0 spiro atoms. The van der Waals surface area contributed by atoms with E-state index in [1.54, 1.807) is 24.3 Å². The Morgan fingerprint density at radius 1 is 1.15 bits per heavy atom. The van der Waals surface area contributed by atoms with Gasteiger partial charge in [-0.15, -0.1) is 0 Å². The van der Waals surface area contributed by atoms with Gasteiger partial charge in [-0.05, 0) is 36.6 Å². The number of rotatable bonds is 8. The zero-order valence-electron chi connectivity index (χ0n) is 12.3. The fourth-order valence-corrected chi connectivity index (χ4v) is 1.53. The van der Waals surface area contributed by atoms with Crippen molar-refractivity contribution in [2.75, 3.05) is 13.2 Å². The zero-order valence-corrected chi connectivity index (χ0v) is 12.3. The van der Waals surface area contributed by atoms with Crippen LogP contribution in [0.5, 0.6) is 5.75 Å². The number of carbonyl (C=O) groups excluding carboxylic acids is 2. The van der Waals surface area contributed by atoms with Crippen molar-refractivity contribution in [3.63, 3.8) is 0 Å². The fraction of sp³-hybridized carbons (Fsp3) is 0.500. The molecule has 1 rings (SSSR count). The van der Waals surface area contributed by atoms with Gasteiger partial charge in [0, 0.05) is 12.0 Å². The van der Waals surface area contributed by atoms with Gasteiger partial charge < -0.3 is 9.47 Å². The molecule has 0 unspecified atom stereocenters. The third kappa shape index (κ3) is 5.87. The van der Waals surface area contributed by atoms with Gasteiger partial charge in [0.05, 0.1) is 6.61 Å². The molecular formula is C16H22O4. The second kappa shape index (κ2) is 8.35. The number of Topliss-reactive ketones (excluding diaryl/α,β-unsaturated/α-hetero) is 1. The molecule has 0 amide bonds. The predicted molar refractivity (Wildman–Crippen MR) is 77.0 cm³/mol. The molecule has 0 aliphatic rings. The topological polar surface area (TPSA) is 52.6 Å². The smallest absolute Gasteiger partial charge is 0.344 e. The lowest BCUT2D eigenvalue weighted by molar-refractivity contribution is -0.146. The summed E-state index contributed by atoms with van der Waals surface area (Å²) in [5, 5.41) is 0. The third-order valence-electron chi connectivity index (χ3n) is 2.81. The van der Waals surface area contributed by atoms with Crippen LogP contribution in [0.15, 0.2) is 24.3 Å². The summed E-state index contributed by atoms with van der Waals surface area (Å²) in [4.78, 5) is 22.9. The molecule has 0 N–H and O–H groups in total. The van der Waals surface area contributed by atoms with Crippen LogP contribution in [0.25, 0.3) is 0 Å². The quantitative estimate of drug-likeness (QED) is 0.541. The van der Waals surface area contributed by atoms with Gasteiger partial charge in [0.2, 0.25) is 0 Å². The Balaban J connectivity index is 2.34. The summed E-state index contributed by atoms with van der Waals surface area (Å²) in [6.45, 7) is 6.27. The van der Waals surface area contributed by atoms with Crippen molar-refractivity contribution in [3.05, 3.63) is 29.8 Å². The molecule has 0 aliphatic heterocycles. The Kier molecular flexibility index (Phi) is 6.77. The van der Waals surface area contributed by atoms with Crippen molar-refractivity contribution in [1.29, 1.82) is 0 Å². The van der Waals surface area contributed by atoms with E-state index in [0.29, 0.717) is 30.3 Å². The minimum absolute atomic E-state index is 0.0876. The molecule has 4 nitrogen and oxygen atoms in total. The highest BCUT2D eigenvalue weighted by atomic mass is 16.6. The van der Waals surface area contributed by atoms with Crippen molar-refractivity contribution in [3.8, 4) is 5.75 Å². The first-order chi connectivity index (χ1) is 9.52. The van der Waals surface area contributed by atoms with Gasteiger partial charge in [-0.3, -0.25) is 4.79 Å². The first-order valence-electron chi connectivity index (χ1n) is 6.94. The zero-order chi connectivity index (χ0) is 15.0. The lowest BCUT2D eigenvalue weighted by Crippen LogP contribution is -2.16. The predicted octanol–water partition coefficient (Wildman–Crippen LogP) is 3.25. The molecule has 20 heavy (non-hydrogen) atoms. The standard InChI is InChI=1S/C16H22O4/c1-4-15(17)13-5-7-14(8-6-13)20-11-16(18)19-10-9-12(2)3/h5-8,12H,4,9-11H2,1-3H3. The van der Waals surface area contributed by atoms with E-state index >= 15 is 0 Å². The van der Waals surface area contributed by atoms with Crippen LogP contribution in [0.1, 0.15) is 44.0 Å². The van der Waals surface area contributed by atoms with Crippen molar-refractivity contribution in [1.82, 2.24) is 0 Å². The number of ether oxygens (including phenoxy) is 2. The maximum absolute atomic E-state index is 11.4. The number of esters is 1. The van der Waals surface area contributed by atoms with Gasteiger partial charge >= 0.3 is 5.97 Å². The van der Waals surface area contributed by atoms with E-state index in [9.17, 15) is 9.59 Å². The van der Waals surface area contributed by atoms with Gasteiger partial charge in [-0.1, -0.05) is 20.8 Å². The Morgan fingerprint density at radius 2 is 1.80 bits per heavy atom. The molecular weight excluding hydrogens is 256 g/mol. The third-order valence-corrected chi connectivity index (χ3v) is 2.81. The normalized spacial score (nSPS) is 10.4. The maximum Gasteiger partial charge on any atom is 0.344 e. The van der Waals surface area contributed by atoms with E-state index < -0.39 is 0 Å². The van der Waals surface area contributed by atoms with Crippen molar-refractivity contribution in [2.45, 2.75) is 33.6 Å². The van der Waals surface area contributed by atoms with E-state index in [1.165, 1.54) is 0 Å². The summed E-state index contributed by atoms with van der Waals surface area (Å²) >= 11 is 0. The Hall–Kier alpha value is -1.84. The molecule has 0 heterocycles. The number of hydrogen-bond donors (Lipinski definition) is 0. The molecule has 1 aromatic carbocycles. The van der Waals surface area contributed by atoms with Crippen LogP contribution in [-0.4, -0.2) is 25.0 Å². The summed E-state index contributed by atoms with van der Waals surface area (Å²) in [6.07, 6.45) is 1.32. The van der Waals surface area contributed by atoms with E-state index in [1.807, 2.05) is 6.92 Å². The lowest BCUT2D eigenvalue weighted by atomic mass is 10.1. The molecule has 0 radical (unpaired) electrons. The molecule has 0 saturated carbocycles. The highest BCUT2D eigenvalue weighted by molar-refractivity contribution is 5.95. The number of carbonyl (C=O) groups is 2. The van der Waals surface area contributed by atoms with E-state index in [4.69, 9.17) is 9.47 Å². The van der Waals surface area contributed by atoms with Crippen LogP contribution in [0.2, 0.25) is 0 Å². The molecule has 4 heteroatoms. The fourth-order valence-electron chi connectivity index (χ4n) is 1.53. The number of hydrogen-bond acceptors (Lipinski definition) is 4. The minimum atomic E-state index is -0.376. The number of ketones is 1. The molecule has 0 saturated heterocycles. The van der Waals surface area contributed by atoms with Crippen LogP contribution in [-0.2, 0) is 9.53 Å². The number of benzene rings is 1. The van der Waals surface area contributed by atoms with Crippen molar-refractivity contribution >= 4 is 11.8 Å². The van der Waals surface area contributed by atoms with Gasteiger partial charge in [-0.25, -0.2) is 4.79 Å². The van der Waals surface area contributed by atoms with Gasteiger partial charge in [-0.2, -0.15) is 0 Å². The van der Waals surface area contributed by atoms with Crippen LogP contribution in [0, 0.1) is 5.92 Å². The highest BCUT2D eigenvalue weighted by Gasteiger charge is 2.06. The molecule has 0 fully saturated rings. The lowest BCUT2D eigenvalue weighted by Gasteiger charge is -2.08. The average Bonchev–Trinajstić information content (AvgIpc) is 2.44. The van der Waals surface area contributed by atoms with Gasteiger partial charge in [0.1, 0.15) is 5.75 Å². The van der Waals surface area contributed by atoms with Crippen molar-refractivity contribution < 1.29 is 19.1 Å². The summed E-state index contributed by atoms with van der Waals surface area (Å²) in [5.41, 5.74) is 0.652. The summed E-state index contributed by atoms with van der Waals surface area (Å²) < 4.78 is 10.3. The summed E-state index contributed by atoms with van der Waals surface area (Å²) in [6, 6.07) is 6.77.